The predicted octanol–water partition coefficient (Wildman–Crippen LogP) is 4.84. The van der Waals surface area contributed by atoms with E-state index in [1.54, 1.807) is 23.1 Å². The van der Waals surface area contributed by atoms with Crippen LogP contribution in [0.5, 0.6) is 11.5 Å². The number of aryl methyl sites for hydroxylation is 1. The highest BCUT2D eigenvalue weighted by atomic mass is 19.3. The molecule has 2 aromatic rings. The van der Waals surface area contributed by atoms with E-state index in [0.29, 0.717) is 12.2 Å². The minimum atomic E-state index is -3.19. The maximum atomic E-state index is 12.7. The zero-order valence-electron chi connectivity index (χ0n) is 17.0. The second kappa shape index (κ2) is 10.2. The van der Waals surface area contributed by atoms with Gasteiger partial charge in [-0.25, -0.2) is 0 Å². The maximum Gasteiger partial charge on any atom is 0.387 e. The van der Waals surface area contributed by atoms with Crippen molar-refractivity contribution in [3.8, 4) is 11.5 Å². The standard InChI is InChI=1S/C22H20F4N2O4/c1-13(29)28-10-2-3-15-11-16(6-8-18(15)28)27-20(30)9-5-14-4-7-17(31-21(23)24)12-19(14)32-22(25)26/h4-9,11-12,21-22H,2-3,10H2,1H3,(H,27,30)/b9-5+. The molecule has 1 N–H and O–H groups in total. The van der Waals surface area contributed by atoms with Gasteiger partial charge in [0, 0.05) is 42.5 Å². The highest BCUT2D eigenvalue weighted by Crippen LogP contribution is 2.30. The summed E-state index contributed by atoms with van der Waals surface area (Å²) in [7, 11) is 0. The van der Waals surface area contributed by atoms with Gasteiger partial charge in [0.05, 0.1) is 0 Å². The molecule has 1 aliphatic heterocycles. The van der Waals surface area contributed by atoms with Gasteiger partial charge in [-0.3, -0.25) is 9.59 Å². The van der Waals surface area contributed by atoms with Crippen molar-refractivity contribution >= 4 is 29.3 Å². The van der Waals surface area contributed by atoms with Crippen molar-refractivity contribution in [1.29, 1.82) is 0 Å². The van der Waals surface area contributed by atoms with Gasteiger partial charge < -0.3 is 19.7 Å². The third-order valence-corrected chi connectivity index (χ3v) is 4.69. The Morgan fingerprint density at radius 1 is 1.06 bits per heavy atom. The molecule has 2 amide bonds. The van der Waals surface area contributed by atoms with Crippen molar-refractivity contribution in [1.82, 2.24) is 0 Å². The normalized spacial score (nSPS) is 13.4. The molecule has 1 heterocycles. The minimum Gasteiger partial charge on any atom is -0.435 e. The van der Waals surface area contributed by atoms with Crippen LogP contribution >= 0.6 is 0 Å². The molecule has 10 heteroatoms. The monoisotopic (exact) mass is 452 g/mol. The Kier molecular flexibility index (Phi) is 7.34. The summed E-state index contributed by atoms with van der Waals surface area (Å²) >= 11 is 0. The Morgan fingerprint density at radius 3 is 2.50 bits per heavy atom. The molecule has 3 rings (SSSR count). The molecule has 0 bridgehead atoms. The molecule has 1 aliphatic rings. The van der Waals surface area contributed by atoms with Crippen LogP contribution in [0.2, 0.25) is 0 Å². The van der Waals surface area contributed by atoms with Gasteiger partial charge in [-0.2, -0.15) is 17.6 Å². The molecular formula is C22H20F4N2O4. The van der Waals surface area contributed by atoms with Crippen LogP contribution in [0.4, 0.5) is 28.9 Å². The van der Waals surface area contributed by atoms with E-state index in [9.17, 15) is 27.2 Å². The van der Waals surface area contributed by atoms with Crippen LogP contribution in [-0.2, 0) is 16.0 Å². The van der Waals surface area contributed by atoms with E-state index in [2.05, 4.69) is 14.8 Å². The Hall–Kier alpha value is -3.56. The highest BCUT2D eigenvalue weighted by molar-refractivity contribution is 6.02. The third-order valence-electron chi connectivity index (χ3n) is 4.69. The molecule has 0 fully saturated rings. The Bertz CT molecular complexity index is 1030. The number of ether oxygens (including phenoxy) is 2. The number of halogens is 4. The van der Waals surface area contributed by atoms with Gasteiger partial charge in [-0.1, -0.05) is 0 Å². The van der Waals surface area contributed by atoms with Crippen LogP contribution in [0.3, 0.4) is 0 Å². The summed E-state index contributed by atoms with van der Waals surface area (Å²) in [5, 5.41) is 2.66. The summed E-state index contributed by atoms with van der Waals surface area (Å²) in [5.74, 6) is -1.37. The largest absolute Gasteiger partial charge is 0.435 e. The number of carbonyl (C=O) groups excluding carboxylic acids is 2. The number of alkyl halides is 4. The fraction of sp³-hybridized carbons (Fsp3) is 0.273. The van der Waals surface area contributed by atoms with E-state index in [4.69, 9.17) is 0 Å². The van der Waals surface area contributed by atoms with Gasteiger partial charge in [0.15, 0.2) is 0 Å². The Labute approximate surface area is 181 Å². The first-order valence-electron chi connectivity index (χ1n) is 9.66. The zero-order chi connectivity index (χ0) is 23.3. The lowest BCUT2D eigenvalue weighted by Gasteiger charge is -2.28. The lowest BCUT2D eigenvalue weighted by atomic mass is 10.0. The van der Waals surface area contributed by atoms with Gasteiger partial charge >= 0.3 is 13.2 Å². The second-order valence-corrected chi connectivity index (χ2v) is 6.90. The number of hydrogen-bond donors (Lipinski definition) is 1. The lowest BCUT2D eigenvalue weighted by Crippen LogP contribution is -2.33. The van der Waals surface area contributed by atoms with E-state index < -0.39 is 24.9 Å². The van der Waals surface area contributed by atoms with Crippen LogP contribution in [0.1, 0.15) is 24.5 Å². The first kappa shape index (κ1) is 23.1. The van der Waals surface area contributed by atoms with Crippen molar-refractivity contribution in [2.45, 2.75) is 33.0 Å². The van der Waals surface area contributed by atoms with Gasteiger partial charge in [-0.05, 0) is 54.8 Å². The molecular weight excluding hydrogens is 432 g/mol. The predicted molar refractivity (Wildman–Crippen MR) is 110 cm³/mol. The summed E-state index contributed by atoms with van der Waals surface area (Å²) in [6.07, 6.45) is 3.89. The van der Waals surface area contributed by atoms with Crippen molar-refractivity contribution < 1.29 is 36.6 Å². The number of amides is 2. The van der Waals surface area contributed by atoms with Crippen molar-refractivity contribution in [3.05, 3.63) is 53.6 Å². The topological polar surface area (TPSA) is 67.9 Å². The molecule has 32 heavy (non-hydrogen) atoms. The van der Waals surface area contributed by atoms with E-state index >= 15 is 0 Å². The van der Waals surface area contributed by atoms with E-state index in [-0.39, 0.29) is 17.2 Å². The molecule has 0 aliphatic carbocycles. The molecule has 0 unspecified atom stereocenters. The zero-order valence-corrected chi connectivity index (χ0v) is 17.0. The van der Waals surface area contributed by atoms with Gasteiger partial charge in [0.1, 0.15) is 11.5 Å². The Morgan fingerprint density at radius 2 is 1.81 bits per heavy atom. The fourth-order valence-electron chi connectivity index (χ4n) is 3.38. The first-order valence-corrected chi connectivity index (χ1v) is 9.66. The smallest absolute Gasteiger partial charge is 0.387 e. The number of carbonyl (C=O) groups is 2. The van der Waals surface area contributed by atoms with Crippen molar-refractivity contribution in [3.63, 3.8) is 0 Å². The molecule has 2 aromatic carbocycles. The van der Waals surface area contributed by atoms with E-state index in [0.717, 1.165) is 42.3 Å². The fourth-order valence-corrected chi connectivity index (χ4v) is 3.38. The summed E-state index contributed by atoms with van der Waals surface area (Å²) in [6.45, 7) is -4.18. The average molecular weight is 452 g/mol. The van der Waals surface area contributed by atoms with E-state index in [1.165, 1.54) is 19.1 Å². The third kappa shape index (κ3) is 5.99. The van der Waals surface area contributed by atoms with Crippen molar-refractivity contribution in [2.75, 3.05) is 16.8 Å². The number of anilines is 2. The number of benzene rings is 2. The Balaban J connectivity index is 1.73. The molecule has 0 atom stereocenters. The summed E-state index contributed by atoms with van der Waals surface area (Å²) < 4.78 is 58.5. The average Bonchev–Trinajstić information content (AvgIpc) is 2.71. The van der Waals surface area contributed by atoms with Crippen LogP contribution in [-0.4, -0.2) is 31.6 Å². The van der Waals surface area contributed by atoms with Crippen LogP contribution in [0.15, 0.2) is 42.5 Å². The van der Waals surface area contributed by atoms with Crippen LogP contribution in [0, 0.1) is 0 Å². The number of rotatable bonds is 7. The van der Waals surface area contributed by atoms with Crippen LogP contribution < -0.4 is 19.7 Å². The maximum absolute atomic E-state index is 12.7. The number of nitrogens with zero attached hydrogens (tertiary/aromatic N) is 1. The molecule has 0 aromatic heterocycles. The molecule has 0 spiro atoms. The minimum absolute atomic E-state index is 0.0579. The molecule has 0 saturated heterocycles. The van der Waals surface area contributed by atoms with Crippen molar-refractivity contribution in [2.24, 2.45) is 0 Å². The summed E-state index contributed by atoms with van der Waals surface area (Å²) in [5.41, 5.74) is 2.31. The second-order valence-electron chi connectivity index (χ2n) is 6.90. The number of hydrogen-bond acceptors (Lipinski definition) is 4. The molecule has 6 nitrogen and oxygen atoms in total. The number of nitrogens with one attached hydrogen (secondary N) is 1. The number of fused-ring (bicyclic) bond motifs is 1. The molecule has 0 radical (unpaired) electrons. The SMILES string of the molecule is CC(=O)N1CCCc2cc(NC(=O)/C=C/c3ccc(OC(F)F)cc3OC(F)F)ccc21. The van der Waals surface area contributed by atoms with Gasteiger partial charge in [0.2, 0.25) is 11.8 Å². The molecule has 0 saturated carbocycles. The summed E-state index contributed by atoms with van der Waals surface area (Å²) in [6, 6.07) is 8.44. The summed E-state index contributed by atoms with van der Waals surface area (Å²) in [4.78, 5) is 25.7. The van der Waals surface area contributed by atoms with Gasteiger partial charge in [-0.15, -0.1) is 0 Å². The lowest BCUT2D eigenvalue weighted by molar-refractivity contribution is -0.116. The van der Waals surface area contributed by atoms with Crippen LogP contribution in [0.25, 0.3) is 6.08 Å². The quantitative estimate of drug-likeness (QED) is 0.482. The van der Waals surface area contributed by atoms with Gasteiger partial charge in [0.25, 0.3) is 0 Å². The molecule has 170 valence electrons. The highest BCUT2D eigenvalue weighted by Gasteiger charge is 2.20. The van der Waals surface area contributed by atoms with E-state index in [1.807, 2.05) is 0 Å². The first-order chi connectivity index (χ1) is 15.2.